The summed E-state index contributed by atoms with van der Waals surface area (Å²) in [4.78, 5) is 11.0. The first-order chi connectivity index (χ1) is 19.3. The first-order valence-corrected chi connectivity index (χ1v) is 15.1. The summed E-state index contributed by atoms with van der Waals surface area (Å²) < 4.78 is 23.7. The van der Waals surface area contributed by atoms with Crippen LogP contribution >= 0.6 is 10.6 Å². The van der Waals surface area contributed by atoms with Gasteiger partial charge in [0.2, 0.25) is 5.95 Å². The normalized spacial score (nSPS) is 22.2. The molecule has 6 rings (SSSR count). The molecule has 208 valence electrons. The van der Waals surface area contributed by atoms with Crippen LogP contribution in [0.2, 0.25) is 0 Å². The zero-order valence-electron chi connectivity index (χ0n) is 21.9. The van der Waals surface area contributed by atoms with E-state index in [9.17, 15) is 24.7 Å². The fraction of sp³-hybridized carbons (Fsp3) is 0.423. The third-order valence-corrected chi connectivity index (χ3v) is 9.46. The van der Waals surface area contributed by atoms with Gasteiger partial charge in [0.25, 0.3) is 0 Å². The molecule has 13 nitrogen and oxygen atoms in total. The van der Waals surface area contributed by atoms with Crippen LogP contribution in [-0.2, 0) is 0 Å². The third-order valence-electron chi connectivity index (χ3n) is 7.71. The lowest BCUT2D eigenvalue weighted by Crippen LogP contribution is -2.47. The highest BCUT2D eigenvalue weighted by atomic mass is 32.3. The van der Waals surface area contributed by atoms with Crippen LogP contribution in [0.5, 0.6) is 0 Å². The molecule has 0 aliphatic carbocycles. The van der Waals surface area contributed by atoms with E-state index in [1.807, 2.05) is 31.3 Å². The van der Waals surface area contributed by atoms with Crippen LogP contribution in [0.25, 0.3) is 16.6 Å². The van der Waals surface area contributed by atoms with Crippen molar-refractivity contribution < 1.29 is 14.2 Å². The zero-order valence-corrected chi connectivity index (χ0v) is 22.7. The second-order valence-electron chi connectivity index (χ2n) is 10.3. The van der Waals surface area contributed by atoms with Crippen molar-refractivity contribution in [3.63, 3.8) is 0 Å². The van der Waals surface area contributed by atoms with Gasteiger partial charge in [-0.3, -0.25) is 14.0 Å². The molecule has 5 N–H and O–H groups in total. The van der Waals surface area contributed by atoms with Crippen molar-refractivity contribution in [1.82, 2.24) is 29.0 Å². The van der Waals surface area contributed by atoms with E-state index in [0.29, 0.717) is 35.0 Å². The molecule has 2 atom stereocenters. The van der Waals surface area contributed by atoms with E-state index in [2.05, 4.69) is 47.3 Å². The summed E-state index contributed by atoms with van der Waals surface area (Å²) in [5.41, 5.74) is 2.96. The molecular formula is C26H30N10O3S. The number of aliphatic hydroxyl groups is 1. The quantitative estimate of drug-likeness (QED) is 0.233. The Morgan fingerprint density at radius 1 is 1.15 bits per heavy atom. The number of hydrogen-bond donors (Lipinski definition) is 5. The van der Waals surface area contributed by atoms with E-state index in [4.69, 9.17) is 0 Å². The third kappa shape index (κ3) is 4.70. The van der Waals surface area contributed by atoms with E-state index in [-0.39, 0.29) is 29.5 Å². The molecule has 3 aromatic heterocycles. The summed E-state index contributed by atoms with van der Waals surface area (Å²) in [5.74, 6) is 1.07. The predicted molar refractivity (Wildman–Crippen MR) is 152 cm³/mol. The number of nitriles is 2. The van der Waals surface area contributed by atoms with Crippen LogP contribution in [0.15, 0.2) is 30.6 Å². The molecule has 40 heavy (non-hydrogen) atoms. The van der Waals surface area contributed by atoms with Gasteiger partial charge in [0.05, 0.1) is 35.4 Å². The van der Waals surface area contributed by atoms with Gasteiger partial charge >= 0.3 is 0 Å². The van der Waals surface area contributed by atoms with Crippen molar-refractivity contribution in [2.24, 2.45) is 0 Å². The average Bonchev–Trinajstić information content (AvgIpc) is 3.61. The van der Waals surface area contributed by atoms with Gasteiger partial charge in [0, 0.05) is 48.5 Å². The molecule has 2 fully saturated rings. The predicted octanol–water partition coefficient (Wildman–Crippen LogP) is 3.13. The van der Waals surface area contributed by atoms with Gasteiger partial charge in [0.1, 0.15) is 12.1 Å². The Morgan fingerprint density at radius 3 is 2.62 bits per heavy atom. The van der Waals surface area contributed by atoms with Gasteiger partial charge in [0.15, 0.2) is 17.2 Å². The number of imidazole rings is 1. The van der Waals surface area contributed by atoms with Gasteiger partial charge in [-0.2, -0.15) is 30.6 Å². The number of nitrogens with one attached hydrogen (secondary N) is 2. The Morgan fingerprint density at radius 2 is 1.95 bits per heavy atom. The van der Waals surface area contributed by atoms with E-state index in [1.54, 1.807) is 0 Å². The number of aliphatic hydroxyl groups excluding tert-OH is 1. The Labute approximate surface area is 232 Å². The van der Waals surface area contributed by atoms with E-state index in [0.717, 1.165) is 36.8 Å². The summed E-state index contributed by atoms with van der Waals surface area (Å²) in [6.07, 6.45) is 4.28. The molecule has 0 bridgehead atoms. The van der Waals surface area contributed by atoms with Crippen LogP contribution in [0, 0.1) is 22.7 Å². The smallest absolute Gasteiger partial charge is 0.247 e. The first kappa shape index (κ1) is 26.3. The second-order valence-corrected chi connectivity index (χ2v) is 12.5. The zero-order chi connectivity index (χ0) is 28.0. The van der Waals surface area contributed by atoms with Crippen molar-refractivity contribution in [3.05, 3.63) is 41.9 Å². The van der Waals surface area contributed by atoms with Crippen molar-refractivity contribution in [3.8, 4) is 12.1 Å². The Balaban J connectivity index is 1.24. The van der Waals surface area contributed by atoms with E-state index < -0.39 is 16.7 Å². The largest absolute Gasteiger partial charge is 0.390 e. The lowest BCUT2D eigenvalue weighted by Gasteiger charge is -2.38. The number of fused-ring (bicyclic) bond motifs is 2. The minimum absolute atomic E-state index is 0.0544. The standard InChI is InChI=1S/C26H30N10O3S/c1-2-29-24-25-30-12-19(11-28)36(25)33-26(32-24)31-17-3-4-21-20(9-17)16(10-27)13-35(21)18-5-7-34(8-6-18)22-14-40(38,39)15-23(22)37/h3-4,9,12-13,18,22-23,37-39H,2,5-8,14-15H2,1H3,(H2,29,31,32,33)/t22-,23+/m0/s1. The minimum Gasteiger partial charge on any atom is -0.390 e. The highest BCUT2D eigenvalue weighted by molar-refractivity contribution is 8.24. The molecule has 5 heterocycles. The minimum atomic E-state index is -2.70. The average molecular weight is 563 g/mol. The highest BCUT2D eigenvalue weighted by Gasteiger charge is 2.41. The van der Waals surface area contributed by atoms with Gasteiger partial charge in [-0.25, -0.2) is 4.98 Å². The number of nitrogens with zero attached hydrogens (tertiary/aromatic N) is 8. The molecule has 0 spiro atoms. The van der Waals surface area contributed by atoms with E-state index >= 15 is 0 Å². The summed E-state index contributed by atoms with van der Waals surface area (Å²) in [6, 6.07) is 10.1. The van der Waals surface area contributed by atoms with Crippen molar-refractivity contribution in [1.29, 1.82) is 10.5 Å². The molecule has 2 aliphatic heterocycles. The lowest BCUT2D eigenvalue weighted by atomic mass is 10.0. The number of likely N-dealkylation sites (tertiary alicyclic amines) is 1. The number of anilines is 3. The number of piperidine rings is 1. The fourth-order valence-electron chi connectivity index (χ4n) is 5.83. The molecule has 0 unspecified atom stereocenters. The molecule has 14 heteroatoms. The summed E-state index contributed by atoms with van der Waals surface area (Å²) >= 11 is 0. The highest BCUT2D eigenvalue weighted by Crippen LogP contribution is 2.48. The maximum absolute atomic E-state index is 10.4. The maximum atomic E-state index is 10.4. The Kier molecular flexibility index (Phi) is 6.74. The molecule has 4 aromatic rings. The first-order valence-electron chi connectivity index (χ1n) is 13.2. The second kappa shape index (κ2) is 10.2. The Bertz CT molecular complexity index is 1660. The number of aromatic nitrogens is 5. The molecule has 1 aromatic carbocycles. The SMILES string of the molecule is CCNc1nc(Nc2ccc3c(c2)c(C#N)cn3C2CCN([C@H]3CS(O)(O)C[C@H]3O)CC2)nn2c(C#N)cnc12. The van der Waals surface area contributed by atoms with Crippen LogP contribution in [0.3, 0.4) is 0 Å². The van der Waals surface area contributed by atoms with Gasteiger partial charge in [-0.15, -0.1) is 5.10 Å². The number of hydrogen-bond acceptors (Lipinski definition) is 11. The molecule has 0 radical (unpaired) electrons. The van der Waals surface area contributed by atoms with Gasteiger partial charge in [-0.05, 0) is 38.0 Å². The van der Waals surface area contributed by atoms with Crippen molar-refractivity contribution in [2.45, 2.75) is 38.0 Å². The molecule has 2 saturated heterocycles. The van der Waals surface area contributed by atoms with Crippen molar-refractivity contribution >= 4 is 44.6 Å². The van der Waals surface area contributed by atoms with Crippen LogP contribution in [0.1, 0.15) is 37.1 Å². The monoisotopic (exact) mass is 562 g/mol. The molecule has 0 saturated carbocycles. The summed E-state index contributed by atoms with van der Waals surface area (Å²) in [6.45, 7) is 4.03. The van der Waals surface area contributed by atoms with E-state index in [1.165, 1.54) is 10.7 Å². The number of rotatable bonds is 6. The maximum Gasteiger partial charge on any atom is 0.247 e. The summed E-state index contributed by atoms with van der Waals surface area (Å²) in [5, 5.41) is 41.3. The molecule has 2 aliphatic rings. The molecule has 0 amide bonds. The topological polar surface area (TPSA) is 184 Å². The molecular weight excluding hydrogens is 532 g/mol. The lowest BCUT2D eigenvalue weighted by molar-refractivity contribution is 0.0606. The summed E-state index contributed by atoms with van der Waals surface area (Å²) in [7, 11) is -2.70. The van der Waals surface area contributed by atoms with Crippen LogP contribution in [-0.4, -0.2) is 86.5 Å². The van der Waals surface area contributed by atoms with Crippen molar-refractivity contribution in [2.75, 3.05) is 41.8 Å². The van der Waals surface area contributed by atoms with Crippen LogP contribution in [0.4, 0.5) is 17.5 Å². The van der Waals surface area contributed by atoms with Crippen LogP contribution < -0.4 is 10.6 Å². The van der Waals surface area contributed by atoms with Gasteiger partial charge in [-0.1, -0.05) is 0 Å². The van der Waals surface area contributed by atoms with Gasteiger partial charge < -0.3 is 20.3 Å². The Hall–Kier alpha value is -3.92. The fourth-order valence-corrected chi connectivity index (χ4v) is 7.72. The number of benzene rings is 1.